The second kappa shape index (κ2) is 11.4. The fourth-order valence-corrected chi connectivity index (χ4v) is 8.15. The van der Waals surface area contributed by atoms with Crippen LogP contribution in [0.1, 0.15) is 26.7 Å². The quantitative estimate of drug-likeness (QED) is 0.379. The molecule has 1 amide bonds. The maximum Gasteiger partial charge on any atom is 0.326 e. The molecule has 194 valence electrons. The van der Waals surface area contributed by atoms with Gasteiger partial charge in [0.1, 0.15) is 16.5 Å². The molecule has 36 heavy (non-hydrogen) atoms. The summed E-state index contributed by atoms with van der Waals surface area (Å²) in [6.07, 6.45) is 0.718. The third kappa shape index (κ3) is 5.83. The highest BCUT2D eigenvalue weighted by Crippen LogP contribution is 2.31. The summed E-state index contributed by atoms with van der Waals surface area (Å²) in [5.41, 5.74) is 0.749. The summed E-state index contributed by atoms with van der Waals surface area (Å²) in [5, 5.41) is 0. The van der Waals surface area contributed by atoms with E-state index in [4.69, 9.17) is 21.1 Å². The number of thiazole rings is 1. The molecule has 1 fully saturated rings. The van der Waals surface area contributed by atoms with Crippen molar-refractivity contribution in [3.05, 3.63) is 39.5 Å². The lowest BCUT2D eigenvalue weighted by Crippen LogP contribution is -2.40. The first kappa shape index (κ1) is 26.8. The summed E-state index contributed by atoms with van der Waals surface area (Å²) < 4.78 is 40.9. The summed E-state index contributed by atoms with van der Waals surface area (Å²) in [4.78, 5) is 30.1. The number of sulfonamides is 1. The molecule has 0 bridgehead atoms. The van der Waals surface area contributed by atoms with Crippen LogP contribution in [-0.4, -0.2) is 55.5 Å². The summed E-state index contributed by atoms with van der Waals surface area (Å²) in [6, 6.07) is 8.55. The van der Waals surface area contributed by atoms with Crippen molar-refractivity contribution in [2.75, 3.05) is 26.3 Å². The smallest absolute Gasteiger partial charge is 0.326 e. The summed E-state index contributed by atoms with van der Waals surface area (Å²) in [7, 11) is -3.64. The van der Waals surface area contributed by atoms with Crippen LogP contribution in [0.5, 0.6) is 5.75 Å². The van der Waals surface area contributed by atoms with Crippen molar-refractivity contribution in [1.29, 1.82) is 0 Å². The number of benzene rings is 1. The van der Waals surface area contributed by atoms with Gasteiger partial charge in [-0.3, -0.25) is 9.59 Å². The number of carbonyl (C=O) groups is 2. The van der Waals surface area contributed by atoms with Gasteiger partial charge in [0.25, 0.3) is 15.9 Å². The van der Waals surface area contributed by atoms with Crippen LogP contribution in [0.3, 0.4) is 0 Å². The summed E-state index contributed by atoms with van der Waals surface area (Å²) in [6.45, 7) is 4.76. The number of piperidine rings is 1. The van der Waals surface area contributed by atoms with Gasteiger partial charge < -0.3 is 14.0 Å². The Hall–Kier alpha value is -2.25. The minimum atomic E-state index is -3.64. The van der Waals surface area contributed by atoms with Gasteiger partial charge >= 0.3 is 5.97 Å². The molecule has 0 N–H and O–H groups in total. The zero-order valence-corrected chi connectivity index (χ0v) is 23.0. The lowest BCUT2D eigenvalue weighted by atomic mass is 9.98. The van der Waals surface area contributed by atoms with E-state index in [0.29, 0.717) is 34.3 Å². The molecule has 1 aromatic carbocycles. The maximum atomic E-state index is 13.1. The fraction of sp³-hybridized carbons (Fsp3) is 0.435. The van der Waals surface area contributed by atoms with E-state index in [1.54, 1.807) is 17.6 Å². The number of aromatic nitrogens is 1. The highest BCUT2D eigenvalue weighted by atomic mass is 35.5. The van der Waals surface area contributed by atoms with E-state index in [2.05, 4.69) is 4.99 Å². The van der Waals surface area contributed by atoms with Gasteiger partial charge in [-0.15, -0.1) is 11.3 Å². The number of hydrogen-bond donors (Lipinski definition) is 0. The molecule has 13 heteroatoms. The Labute approximate surface area is 222 Å². The average Bonchev–Trinajstić information content (AvgIpc) is 3.43. The number of halogens is 1. The van der Waals surface area contributed by atoms with Crippen LogP contribution in [0.4, 0.5) is 0 Å². The minimum Gasteiger partial charge on any atom is -0.494 e. The molecule has 3 heterocycles. The van der Waals surface area contributed by atoms with E-state index >= 15 is 0 Å². The van der Waals surface area contributed by atoms with E-state index in [9.17, 15) is 18.0 Å². The van der Waals surface area contributed by atoms with Crippen molar-refractivity contribution >= 4 is 66.4 Å². The number of amides is 1. The van der Waals surface area contributed by atoms with Gasteiger partial charge in [0.2, 0.25) is 0 Å². The van der Waals surface area contributed by atoms with Crippen molar-refractivity contribution in [3.63, 3.8) is 0 Å². The van der Waals surface area contributed by atoms with Crippen LogP contribution < -0.4 is 9.54 Å². The van der Waals surface area contributed by atoms with Crippen molar-refractivity contribution < 1.29 is 27.5 Å². The Bertz CT molecular complexity index is 1430. The third-order valence-corrected chi connectivity index (χ3v) is 10.3. The Morgan fingerprint density at radius 3 is 2.50 bits per heavy atom. The molecule has 1 aliphatic heterocycles. The molecule has 3 aromatic rings. The Balaban J connectivity index is 1.56. The van der Waals surface area contributed by atoms with E-state index in [0.717, 1.165) is 21.6 Å². The van der Waals surface area contributed by atoms with E-state index < -0.39 is 21.9 Å². The van der Waals surface area contributed by atoms with Crippen LogP contribution >= 0.6 is 34.3 Å². The normalized spacial score (nSPS) is 15.9. The van der Waals surface area contributed by atoms with Gasteiger partial charge in [-0.1, -0.05) is 22.9 Å². The summed E-state index contributed by atoms with van der Waals surface area (Å²) in [5.74, 6) is -0.482. The second-order valence-corrected chi connectivity index (χ2v) is 12.9. The fourth-order valence-electron chi connectivity index (χ4n) is 3.98. The molecule has 0 unspecified atom stereocenters. The molecule has 2 aromatic heterocycles. The number of thiophene rings is 1. The Morgan fingerprint density at radius 2 is 1.86 bits per heavy atom. The molecular weight excluding hydrogens is 546 g/mol. The number of rotatable bonds is 8. The summed E-state index contributed by atoms with van der Waals surface area (Å²) >= 11 is 8.21. The Kier molecular flexibility index (Phi) is 8.51. The van der Waals surface area contributed by atoms with Gasteiger partial charge in [-0.25, -0.2) is 8.42 Å². The number of nitrogens with zero attached hydrogens (tertiary/aromatic N) is 3. The topological polar surface area (TPSA) is 107 Å². The van der Waals surface area contributed by atoms with Crippen molar-refractivity contribution in [2.24, 2.45) is 10.9 Å². The minimum absolute atomic E-state index is 0.0754. The largest absolute Gasteiger partial charge is 0.494 e. The average molecular weight is 572 g/mol. The molecule has 0 spiro atoms. The van der Waals surface area contributed by atoms with E-state index in [1.165, 1.54) is 21.7 Å². The molecule has 0 aliphatic carbocycles. The zero-order valence-electron chi connectivity index (χ0n) is 19.8. The lowest BCUT2D eigenvalue weighted by molar-refractivity contribution is -0.143. The first-order valence-electron chi connectivity index (χ1n) is 11.5. The molecule has 9 nitrogen and oxygen atoms in total. The molecule has 1 aliphatic rings. The van der Waals surface area contributed by atoms with Gasteiger partial charge in [-0.05, 0) is 57.0 Å². The zero-order chi connectivity index (χ0) is 25.9. The highest BCUT2D eigenvalue weighted by Gasteiger charge is 2.33. The van der Waals surface area contributed by atoms with Gasteiger partial charge in [0, 0.05) is 19.0 Å². The van der Waals surface area contributed by atoms with E-state index in [1.807, 2.05) is 25.1 Å². The lowest BCUT2D eigenvalue weighted by Gasteiger charge is -2.29. The van der Waals surface area contributed by atoms with Crippen LogP contribution in [0.2, 0.25) is 4.34 Å². The van der Waals surface area contributed by atoms with Crippen LogP contribution in [0.15, 0.2) is 39.5 Å². The predicted octanol–water partition coefficient (Wildman–Crippen LogP) is 3.91. The molecule has 0 radical (unpaired) electrons. The van der Waals surface area contributed by atoms with Crippen molar-refractivity contribution in [3.8, 4) is 5.75 Å². The first-order valence-corrected chi connectivity index (χ1v) is 14.9. The number of carbonyl (C=O) groups excluding carboxylic acids is 2. The molecule has 0 saturated carbocycles. The predicted molar refractivity (Wildman–Crippen MR) is 139 cm³/mol. The standard InChI is InChI=1S/C23H26ClN3O6S3/c1-3-32-16-5-6-17-18(13-16)34-23(27(17)14-20(28)33-4-2)25-22(29)15-9-11-26(12-10-15)36(30,31)21-8-7-19(24)35-21/h5-8,13,15H,3-4,9-12,14H2,1-2H3. The number of hydrogen-bond acceptors (Lipinski definition) is 8. The highest BCUT2D eigenvalue weighted by molar-refractivity contribution is 7.91. The van der Waals surface area contributed by atoms with Crippen LogP contribution in [-0.2, 0) is 30.9 Å². The van der Waals surface area contributed by atoms with Gasteiger partial charge in [-0.2, -0.15) is 9.30 Å². The molecule has 1 saturated heterocycles. The van der Waals surface area contributed by atoms with Crippen molar-refractivity contribution in [2.45, 2.75) is 37.4 Å². The third-order valence-electron chi connectivity index (χ3n) is 5.71. The number of ether oxygens (including phenoxy) is 2. The van der Waals surface area contributed by atoms with Crippen LogP contribution in [0.25, 0.3) is 10.2 Å². The van der Waals surface area contributed by atoms with Crippen LogP contribution in [0, 0.1) is 5.92 Å². The molecular formula is C23H26ClN3O6S3. The maximum absolute atomic E-state index is 13.1. The number of fused-ring (bicyclic) bond motifs is 1. The Morgan fingerprint density at radius 1 is 1.11 bits per heavy atom. The molecule has 4 rings (SSSR count). The van der Waals surface area contributed by atoms with E-state index in [-0.39, 0.29) is 36.4 Å². The monoisotopic (exact) mass is 571 g/mol. The van der Waals surface area contributed by atoms with Crippen molar-refractivity contribution in [1.82, 2.24) is 8.87 Å². The van der Waals surface area contributed by atoms with Gasteiger partial charge in [0.15, 0.2) is 4.80 Å². The van der Waals surface area contributed by atoms with Gasteiger partial charge in [0.05, 0.1) is 27.8 Å². The first-order chi connectivity index (χ1) is 17.2. The second-order valence-electron chi connectivity index (χ2n) is 8.03. The number of esters is 1. The SMILES string of the molecule is CCOC(=O)Cn1c(=NC(=O)C2CCN(S(=O)(=O)c3ccc(Cl)s3)CC2)sc2cc(OCC)ccc21. The molecule has 0 atom stereocenters.